The average molecular weight is 351 g/mol. The van der Waals surface area contributed by atoms with Gasteiger partial charge in [-0.2, -0.15) is 0 Å². The molecule has 1 aromatic rings. The lowest BCUT2D eigenvalue weighted by molar-refractivity contribution is 0.0180. The monoisotopic (exact) mass is 350 g/mol. The van der Waals surface area contributed by atoms with Crippen LogP contribution in [0.15, 0.2) is 41.9 Å². The molecule has 1 saturated heterocycles. The largest absolute Gasteiger partial charge is 0.379 e. The quantitative estimate of drug-likeness (QED) is 0.450. The number of halogens is 1. The van der Waals surface area contributed by atoms with Crippen LogP contribution in [0.2, 0.25) is 5.02 Å². The number of nitrogens with zero attached hydrogens (tertiary/aromatic N) is 2. The zero-order valence-electron chi connectivity index (χ0n) is 14.3. The minimum absolute atomic E-state index is 0.187. The van der Waals surface area contributed by atoms with Crippen LogP contribution in [0.3, 0.4) is 0 Å². The first kappa shape index (κ1) is 18.8. The molecule has 1 atom stereocenters. The van der Waals surface area contributed by atoms with Gasteiger partial charge in [0.1, 0.15) is 0 Å². The molecule has 0 spiro atoms. The smallest absolute Gasteiger partial charge is 0.191 e. The lowest BCUT2D eigenvalue weighted by Gasteiger charge is -2.34. The van der Waals surface area contributed by atoms with E-state index >= 15 is 0 Å². The summed E-state index contributed by atoms with van der Waals surface area (Å²) in [5.74, 6) is 0.803. The van der Waals surface area contributed by atoms with Crippen molar-refractivity contribution in [2.24, 2.45) is 4.99 Å². The van der Waals surface area contributed by atoms with Crippen LogP contribution in [0, 0.1) is 0 Å². The maximum absolute atomic E-state index is 6.19. The number of hydrogen-bond donors (Lipinski definition) is 2. The van der Waals surface area contributed by atoms with Gasteiger partial charge >= 0.3 is 0 Å². The predicted molar refractivity (Wildman–Crippen MR) is 101 cm³/mol. The van der Waals surface area contributed by atoms with Gasteiger partial charge in [0.25, 0.3) is 0 Å². The molecule has 0 aromatic heterocycles. The van der Waals surface area contributed by atoms with Crippen LogP contribution < -0.4 is 10.6 Å². The van der Waals surface area contributed by atoms with Crippen LogP contribution in [0.1, 0.15) is 18.5 Å². The number of hydrogen-bond acceptors (Lipinski definition) is 3. The fraction of sp³-hybridized carbons (Fsp3) is 0.500. The van der Waals surface area contributed by atoms with E-state index in [1.807, 2.05) is 24.3 Å². The first-order valence-electron chi connectivity index (χ1n) is 8.45. The Labute approximate surface area is 149 Å². The molecule has 24 heavy (non-hydrogen) atoms. The molecule has 1 aliphatic rings. The van der Waals surface area contributed by atoms with Crippen molar-refractivity contribution < 1.29 is 4.74 Å². The van der Waals surface area contributed by atoms with Gasteiger partial charge in [-0.1, -0.05) is 29.8 Å². The molecule has 1 aromatic carbocycles. The summed E-state index contributed by atoms with van der Waals surface area (Å²) in [5, 5.41) is 7.26. The van der Waals surface area contributed by atoms with Gasteiger partial charge in [-0.25, -0.2) is 0 Å². The Kier molecular flexibility index (Phi) is 8.08. The predicted octanol–water partition coefficient (Wildman–Crippen LogP) is 2.45. The number of rotatable bonds is 7. The van der Waals surface area contributed by atoms with E-state index in [1.165, 1.54) is 5.56 Å². The Bertz CT molecular complexity index is 544. The molecule has 1 aliphatic heterocycles. The SMILES string of the molecule is C=CCNC(=NCC(c1cccc(Cl)c1)N1CCOCC1)NCC. The first-order chi connectivity index (χ1) is 11.7. The molecule has 1 fully saturated rings. The lowest BCUT2D eigenvalue weighted by atomic mass is 10.0. The third-order valence-electron chi connectivity index (χ3n) is 3.90. The minimum atomic E-state index is 0.187. The molecule has 0 radical (unpaired) electrons. The Balaban J connectivity index is 2.16. The first-order valence-corrected chi connectivity index (χ1v) is 8.82. The van der Waals surface area contributed by atoms with Gasteiger partial charge in [-0.3, -0.25) is 9.89 Å². The molecular formula is C18H27ClN4O. The van der Waals surface area contributed by atoms with Crippen LogP contribution >= 0.6 is 11.6 Å². The van der Waals surface area contributed by atoms with Crippen molar-refractivity contribution in [3.63, 3.8) is 0 Å². The van der Waals surface area contributed by atoms with Crippen LogP contribution in [0.4, 0.5) is 0 Å². The molecule has 0 saturated carbocycles. The fourth-order valence-electron chi connectivity index (χ4n) is 2.72. The molecular weight excluding hydrogens is 324 g/mol. The molecule has 5 nitrogen and oxygen atoms in total. The zero-order chi connectivity index (χ0) is 17.2. The highest BCUT2D eigenvalue weighted by molar-refractivity contribution is 6.30. The van der Waals surface area contributed by atoms with Gasteiger partial charge in [-0.05, 0) is 24.6 Å². The topological polar surface area (TPSA) is 48.9 Å². The number of guanidine groups is 1. The van der Waals surface area contributed by atoms with Crippen molar-refractivity contribution in [1.29, 1.82) is 0 Å². The molecule has 1 heterocycles. The van der Waals surface area contributed by atoms with Crippen molar-refractivity contribution in [3.05, 3.63) is 47.5 Å². The summed E-state index contributed by atoms with van der Waals surface area (Å²) in [5.41, 5.74) is 1.19. The highest BCUT2D eigenvalue weighted by Crippen LogP contribution is 2.24. The summed E-state index contributed by atoms with van der Waals surface area (Å²) in [7, 11) is 0. The summed E-state index contributed by atoms with van der Waals surface area (Å²) in [6, 6.07) is 8.23. The Morgan fingerprint density at radius 2 is 2.21 bits per heavy atom. The lowest BCUT2D eigenvalue weighted by Crippen LogP contribution is -2.41. The Hall–Kier alpha value is -1.56. The molecule has 0 amide bonds. The number of nitrogens with one attached hydrogen (secondary N) is 2. The maximum atomic E-state index is 6.19. The summed E-state index contributed by atoms with van der Waals surface area (Å²) < 4.78 is 5.49. The highest BCUT2D eigenvalue weighted by Gasteiger charge is 2.22. The van der Waals surface area contributed by atoms with E-state index in [2.05, 4.69) is 35.1 Å². The van der Waals surface area contributed by atoms with Crippen molar-refractivity contribution in [2.75, 3.05) is 45.9 Å². The van der Waals surface area contributed by atoms with Crippen LogP contribution in [-0.2, 0) is 4.74 Å². The van der Waals surface area contributed by atoms with Crippen LogP contribution in [-0.4, -0.2) is 56.8 Å². The summed E-state index contributed by atoms with van der Waals surface area (Å²) in [4.78, 5) is 7.17. The van der Waals surface area contributed by atoms with Gasteiger partial charge in [0.2, 0.25) is 0 Å². The van der Waals surface area contributed by atoms with Gasteiger partial charge < -0.3 is 15.4 Å². The van der Waals surface area contributed by atoms with Gasteiger partial charge in [0.05, 0.1) is 25.8 Å². The van der Waals surface area contributed by atoms with Crippen molar-refractivity contribution in [1.82, 2.24) is 15.5 Å². The number of morpholine rings is 1. The third-order valence-corrected chi connectivity index (χ3v) is 4.14. The second-order valence-electron chi connectivity index (χ2n) is 5.61. The van der Waals surface area contributed by atoms with Crippen LogP contribution in [0.5, 0.6) is 0 Å². The van der Waals surface area contributed by atoms with Gasteiger partial charge in [-0.15, -0.1) is 6.58 Å². The van der Waals surface area contributed by atoms with Gasteiger partial charge in [0.15, 0.2) is 5.96 Å². The second kappa shape index (κ2) is 10.3. The van der Waals surface area contributed by atoms with Crippen molar-refractivity contribution in [2.45, 2.75) is 13.0 Å². The van der Waals surface area contributed by atoms with E-state index < -0.39 is 0 Å². The molecule has 2 N–H and O–H groups in total. The van der Waals surface area contributed by atoms with E-state index in [4.69, 9.17) is 21.3 Å². The van der Waals surface area contributed by atoms with Crippen molar-refractivity contribution >= 4 is 17.6 Å². The molecule has 1 unspecified atom stereocenters. The Morgan fingerprint density at radius 1 is 1.42 bits per heavy atom. The van der Waals surface area contributed by atoms with E-state index in [-0.39, 0.29) is 6.04 Å². The van der Waals surface area contributed by atoms with E-state index in [0.29, 0.717) is 13.1 Å². The zero-order valence-corrected chi connectivity index (χ0v) is 15.1. The van der Waals surface area contributed by atoms with Gasteiger partial charge in [0, 0.05) is 31.2 Å². The summed E-state index contributed by atoms with van der Waals surface area (Å²) >= 11 is 6.19. The molecule has 0 bridgehead atoms. The molecule has 2 rings (SSSR count). The number of aliphatic imine (C=N–C) groups is 1. The van der Waals surface area contributed by atoms with E-state index in [9.17, 15) is 0 Å². The third kappa shape index (κ3) is 5.82. The van der Waals surface area contributed by atoms with E-state index in [1.54, 1.807) is 0 Å². The Morgan fingerprint density at radius 3 is 2.88 bits per heavy atom. The summed E-state index contributed by atoms with van der Waals surface area (Å²) in [6.45, 7) is 11.3. The maximum Gasteiger partial charge on any atom is 0.191 e. The standard InChI is InChI=1S/C18H27ClN4O/c1-3-8-21-18(20-4-2)22-14-17(23-9-11-24-12-10-23)15-6-5-7-16(19)13-15/h3,5-7,13,17H,1,4,8-12,14H2,2H3,(H2,20,21,22). The van der Waals surface area contributed by atoms with Crippen molar-refractivity contribution in [3.8, 4) is 0 Å². The molecule has 6 heteroatoms. The average Bonchev–Trinajstić information content (AvgIpc) is 2.61. The summed E-state index contributed by atoms with van der Waals surface area (Å²) in [6.07, 6.45) is 1.82. The fourth-order valence-corrected chi connectivity index (χ4v) is 2.92. The highest BCUT2D eigenvalue weighted by atomic mass is 35.5. The normalized spacial score (nSPS) is 17.3. The number of benzene rings is 1. The number of ether oxygens (including phenoxy) is 1. The van der Waals surface area contributed by atoms with E-state index in [0.717, 1.165) is 43.8 Å². The molecule has 0 aliphatic carbocycles. The second-order valence-corrected chi connectivity index (χ2v) is 6.04. The minimum Gasteiger partial charge on any atom is -0.379 e. The molecule has 132 valence electrons. The van der Waals surface area contributed by atoms with Crippen LogP contribution in [0.25, 0.3) is 0 Å².